The maximum absolute atomic E-state index is 13.5. The number of thiazole rings is 1. The van der Waals surface area contributed by atoms with Crippen LogP contribution in [-0.4, -0.2) is 55.4 Å². The molecule has 200 valence electrons. The number of carbonyl (C=O) groups is 1. The van der Waals surface area contributed by atoms with E-state index < -0.39 is 10.4 Å². The van der Waals surface area contributed by atoms with E-state index in [0.29, 0.717) is 40.8 Å². The van der Waals surface area contributed by atoms with Crippen LogP contribution in [0.15, 0.2) is 42.6 Å². The van der Waals surface area contributed by atoms with E-state index in [0.717, 1.165) is 35.6 Å². The zero-order chi connectivity index (χ0) is 27.2. The molecule has 0 bridgehead atoms. The number of halogens is 1. The summed E-state index contributed by atoms with van der Waals surface area (Å²) in [7, 11) is -1.01. The van der Waals surface area contributed by atoms with Crippen molar-refractivity contribution in [3.8, 4) is 11.3 Å². The predicted octanol–water partition coefficient (Wildman–Crippen LogP) is 5.83. The molecular formula is C27H31FN5O3S2+. The Hall–Kier alpha value is -2.99. The summed E-state index contributed by atoms with van der Waals surface area (Å²) >= 11 is 1.31. The molecule has 1 saturated heterocycles. The highest BCUT2D eigenvalue weighted by molar-refractivity contribution is 7.94. The summed E-state index contributed by atoms with van der Waals surface area (Å²) < 4.78 is 39.2. The molecule has 3 aromatic heterocycles. The predicted molar refractivity (Wildman–Crippen MR) is 150 cm³/mol. The molecule has 11 heteroatoms. The lowest BCUT2D eigenvalue weighted by molar-refractivity contribution is 0.102. The van der Waals surface area contributed by atoms with Crippen LogP contribution >= 0.6 is 11.3 Å². The van der Waals surface area contributed by atoms with Crippen LogP contribution in [0.4, 0.5) is 15.3 Å². The first-order chi connectivity index (χ1) is 18.1. The fourth-order valence-electron chi connectivity index (χ4n) is 5.04. The first-order valence-corrected chi connectivity index (χ1v) is 15.3. The van der Waals surface area contributed by atoms with Gasteiger partial charge in [-0.05, 0) is 65.3 Å². The van der Waals surface area contributed by atoms with Gasteiger partial charge in [0.15, 0.2) is 17.2 Å². The zero-order valence-corrected chi connectivity index (χ0v) is 23.5. The van der Waals surface area contributed by atoms with Gasteiger partial charge < -0.3 is 4.90 Å². The SMILES string of the molecule is CCc1nc2ccc(C3CCN([S+](C)(=O)O)CC3)cn2c1N(C)c1nc(-c2ccc(F)cc2)c(C(C)=O)s1. The van der Waals surface area contributed by atoms with Crippen molar-refractivity contribution in [2.45, 2.75) is 39.0 Å². The Labute approximate surface area is 226 Å². The Kier molecular flexibility index (Phi) is 7.21. The molecule has 0 saturated carbocycles. The third-order valence-corrected chi connectivity index (χ3v) is 9.64. The molecule has 38 heavy (non-hydrogen) atoms. The molecule has 1 aromatic carbocycles. The second-order valence-corrected chi connectivity index (χ2v) is 12.7. The van der Waals surface area contributed by atoms with Crippen LogP contribution in [0, 0.1) is 5.82 Å². The maximum atomic E-state index is 13.5. The molecule has 1 N–H and O–H groups in total. The van der Waals surface area contributed by atoms with Gasteiger partial charge in [-0.2, -0.15) is 4.55 Å². The number of pyridine rings is 1. The minimum Gasteiger partial charge on any atom is -0.305 e. The molecular weight excluding hydrogens is 525 g/mol. The van der Waals surface area contributed by atoms with Gasteiger partial charge in [0.25, 0.3) is 10.4 Å². The maximum Gasteiger partial charge on any atom is 0.288 e. The van der Waals surface area contributed by atoms with Gasteiger partial charge in [0.2, 0.25) is 0 Å². The van der Waals surface area contributed by atoms with Crippen molar-refractivity contribution < 1.29 is 17.9 Å². The molecule has 0 amide bonds. The highest BCUT2D eigenvalue weighted by atomic mass is 32.3. The van der Waals surface area contributed by atoms with Gasteiger partial charge in [-0.3, -0.25) is 9.20 Å². The number of fused-ring (bicyclic) bond motifs is 1. The van der Waals surface area contributed by atoms with Gasteiger partial charge in [0, 0.05) is 38.8 Å². The summed E-state index contributed by atoms with van der Waals surface area (Å²) in [6.07, 6.45) is 5.79. The van der Waals surface area contributed by atoms with Gasteiger partial charge >= 0.3 is 0 Å². The Bertz CT molecular complexity index is 1530. The molecule has 4 aromatic rings. The molecule has 0 aliphatic carbocycles. The molecule has 1 aliphatic rings. The molecule has 0 radical (unpaired) electrons. The Morgan fingerprint density at radius 1 is 1.18 bits per heavy atom. The average molecular weight is 557 g/mol. The smallest absolute Gasteiger partial charge is 0.288 e. The minimum atomic E-state index is -2.93. The Morgan fingerprint density at radius 3 is 2.47 bits per heavy atom. The van der Waals surface area contributed by atoms with E-state index in [1.807, 2.05) is 18.0 Å². The van der Waals surface area contributed by atoms with Crippen LogP contribution in [0.1, 0.15) is 53.5 Å². The van der Waals surface area contributed by atoms with E-state index in [1.54, 1.807) is 16.4 Å². The fraction of sp³-hybridized carbons (Fsp3) is 0.370. The minimum absolute atomic E-state index is 0.0946. The topological polar surface area (TPSA) is 91.0 Å². The Morgan fingerprint density at radius 2 is 1.87 bits per heavy atom. The number of hydrogen-bond acceptors (Lipinski definition) is 6. The highest BCUT2D eigenvalue weighted by Crippen LogP contribution is 2.38. The monoisotopic (exact) mass is 556 g/mol. The molecule has 1 atom stereocenters. The molecule has 4 heterocycles. The number of Topliss-reactive ketones (excluding diaryl/α,β-unsaturated/α-hetero) is 1. The molecule has 1 unspecified atom stereocenters. The molecule has 5 rings (SSSR count). The van der Waals surface area contributed by atoms with Gasteiger partial charge in [-0.15, -0.1) is 0 Å². The normalized spacial score (nSPS) is 16.6. The van der Waals surface area contributed by atoms with E-state index in [2.05, 4.69) is 23.6 Å². The van der Waals surface area contributed by atoms with Crippen molar-refractivity contribution in [3.63, 3.8) is 0 Å². The number of imidazole rings is 1. The van der Waals surface area contributed by atoms with E-state index in [9.17, 15) is 17.9 Å². The lowest BCUT2D eigenvalue weighted by Crippen LogP contribution is -2.40. The molecule has 8 nitrogen and oxygen atoms in total. The van der Waals surface area contributed by atoms with Crippen molar-refractivity contribution in [2.24, 2.45) is 0 Å². The summed E-state index contributed by atoms with van der Waals surface area (Å²) in [5.41, 5.74) is 4.12. The van der Waals surface area contributed by atoms with Gasteiger partial charge in [-0.1, -0.05) is 28.6 Å². The zero-order valence-electron chi connectivity index (χ0n) is 21.8. The standard InChI is InChI=1S/C27H30FN5O3S2/c1-5-22-26(31(3)27-30-24(25(37-27)17(2)34)19-6-9-21(28)10-7-19)33-16-20(8-11-23(33)29-22)18-12-14-32(15-13-18)38(4,35)36/h6-11,16,18H,5,12-15H2,1-4H3/p+1. The van der Waals surface area contributed by atoms with Gasteiger partial charge in [0.1, 0.15) is 17.3 Å². The number of aryl methyl sites for hydroxylation is 1. The number of piperidine rings is 1. The van der Waals surface area contributed by atoms with Gasteiger partial charge in [-0.25, -0.2) is 14.4 Å². The van der Waals surface area contributed by atoms with Crippen molar-refractivity contribution in [2.75, 3.05) is 31.3 Å². The largest absolute Gasteiger partial charge is 0.305 e. The third kappa shape index (κ3) is 5.03. The number of rotatable bonds is 7. The number of nitrogens with zero attached hydrogens (tertiary/aromatic N) is 5. The van der Waals surface area contributed by atoms with Crippen LogP contribution in [0.5, 0.6) is 0 Å². The van der Waals surface area contributed by atoms with Crippen molar-refractivity contribution in [1.82, 2.24) is 18.7 Å². The average Bonchev–Trinajstić information content (AvgIpc) is 3.50. The quantitative estimate of drug-likeness (QED) is 0.228. The lowest BCUT2D eigenvalue weighted by Gasteiger charge is -2.28. The second kappa shape index (κ2) is 10.3. The van der Waals surface area contributed by atoms with Crippen LogP contribution in [-0.2, 0) is 21.0 Å². The van der Waals surface area contributed by atoms with Crippen molar-refractivity contribution in [3.05, 3.63) is 64.5 Å². The number of hydrogen-bond donors (Lipinski definition) is 1. The fourth-order valence-corrected chi connectivity index (χ4v) is 6.88. The van der Waals surface area contributed by atoms with Crippen LogP contribution in [0.25, 0.3) is 16.9 Å². The lowest BCUT2D eigenvalue weighted by atomic mass is 9.91. The number of carbonyl (C=O) groups excluding carboxylic acids is 1. The number of benzene rings is 1. The molecule has 1 aliphatic heterocycles. The number of aromatic nitrogens is 3. The van der Waals surface area contributed by atoms with E-state index in [-0.39, 0.29) is 17.5 Å². The van der Waals surface area contributed by atoms with E-state index >= 15 is 0 Å². The number of ketones is 1. The summed E-state index contributed by atoms with van der Waals surface area (Å²) in [4.78, 5) is 24.6. The summed E-state index contributed by atoms with van der Waals surface area (Å²) in [5, 5.41) is 0.644. The third-order valence-electron chi connectivity index (χ3n) is 7.08. The number of anilines is 2. The summed E-state index contributed by atoms with van der Waals surface area (Å²) in [6.45, 7) is 4.72. The summed E-state index contributed by atoms with van der Waals surface area (Å²) in [6, 6.07) is 10.1. The van der Waals surface area contributed by atoms with Crippen LogP contribution < -0.4 is 4.90 Å². The Balaban J connectivity index is 1.52. The van der Waals surface area contributed by atoms with Crippen molar-refractivity contribution in [1.29, 1.82) is 0 Å². The van der Waals surface area contributed by atoms with Crippen LogP contribution in [0.3, 0.4) is 0 Å². The molecule has 0 spiro atoms. The second-order valence-electron chi connectivity index (χ2n) is 9.69. The van der Waals surface area contributed by atoms with E-state index in [4.69, 9.17) is 9.97 Å². The molecule has 1 fully saturated rings. The summed E-state index contributed by atoms with van der Waals surface area (Å²) in [5.74, 6) is 0.716. The highest BCUT2D eigenvalue weighted by Gasteiger charge is 2.34. The van der Waals surface area contributed by atoms with Crippen molar-refractivity contribution >= 4 is 44.1 Å². The van der Waals surface area contributed by atoms with Gasteiger partial charge in [0.05, 0.1) is 16.3 Å². The first kappa shape index (κ1) is 26.6. The van der Waals surface area contributed by atoms with E-state index in [1.165, 1.54) is 36.6 Å². The first-order valence-electron chi connectivity index (χ1n) is 12.6. The van der Waals surface area contributed by atoms with Crippen LogP contribution in [0.2, 0.25) is 0 Å².